The van der Waals surface area contributed by atoms with E-state index in [0.717, 1.165) is 0 Å². The van der Waals surface area contributed by atoms with E-state index in [-0.39, 0.29) is 5.48 Å². The minimum atomic E-state index is -1.72. The maximum absolute atomic E-state index is 9.00. The van der Waals surface area contributed by atoms with Crippen LogP contribution >= 0.6 is 30.1 Å². The van der Waals surface area contributed by atoms with E-state index >= 15 is 0 Å². The number of hydrogen-bond acceptors (Lipinski definition) is 1. The zero-order valence-electron chi connectivity index (χ0n) is 4.27. The lowest BCUT2D eigenvalue weighted by Gasteiger charge is -1.62. The Bertz CT molecular complexity index is 64.1. The number of nitrogens with two attached hydrogens (primary N) is 2. The summed E-state index contributed by atoms with van der Waals surface area (Å²) in [4.78, 5) is 9.00. The van der Waals surface area contributed by atoms with Crippen molar-refractivity contribution >= 4 is 47.6 Å². The molecule has 2 amide bonds. The van der Waals surface area contributed by atoms with Crippen LogP contribution in [-0.4, -0.2) is 22.9 Å². The molecule has 0 saturated carbocycles. The molecule has 0 unspecified atom stereocenters. The van der Waals surface area contributed by atoms with Crippen molar-refractivity contribution in [1.29, 1.82) is 0 Å². The predicted molar refractivity (Wildman–Crippen MR) is 40.7 cm³/mol. The summed E-state index contributed by atoms with van der Waals surface area (Å²) in [5.74, 6) is 0. The van der Waals surface area contributed by atoms with E-state index in [1.165, 1.54) is 0 Å². The summed E-state index contributed by atoms with van der Waals surface area (Å²) in [6, 6.07) is -0.833. The van der Waals surface area contributed by atoms with Crippen molar-refractivity contribution in [1.82, 2.24) is 0 Å². The van der Waals surface area contributed by atoms with E-state index in [9.17, 15) is 0 Å². The van der Waals surface area contributed by atoms with Crippen LogP contribution in [0.25, 0.3) is 0 Å². The molecule has 9 heavy (non-hydrogen) atoms. The van der Waals surface area contributed by atoms with Crippen molar-refractivity contribution in [2.24, 2.45) is 11.5 Å². The molecule has 0 aliphatic carbocycles. The molecule has 56 valence electrons. The van der Waals surface area contributed by atoms with Crippen LogP contribution in [0.4, 0.5) is 4.79 Å². The van der Waals surface area contributed by atoms with E-state index in [1.54, 1.807) is 0 Å². The fraction of sp³-hybridized carbons (Fsp3) is 0. The average molecular weight is 211 g/mol. The maximum Gasteiger partial charge on any atom is 0.643 e. The molecular weight excluding hydrogens is 205 g/mol. The molecule has 0 rings (SSSR count). The number of carbonyl (C=O) groups is 1. The molecule has 0 aromatic heterocycles. The third-order valence-corrected chi connectivity index (χ3v) is 0. The van der Waals surface area contributed by atoms with Crippen LogP contribution in [0.5, 0.6) is 0 Å². The molecule has 0 aromatic rings. The van der Waals surface area contributed by atoms with Gasteiger partial charge in [-0.1, -0.05) is 0 Å². The van der Waals surface area contributed by atoms with Gasteiger partial charge in [-0.3, -0.25) is 0 Å². The predicted octanol–water partition coefficient (Wildman–Crippen LogP) is -0.113. The molecular formula is CH6AlCl3N2O2. The van der Waals surface area contributed by atoms with Crippen LogP contribution in [0.15, 0.2) is 0 Å². The van der Waals surface area contributed by atoms with Crippen LogP contribution in [-0.2, 0) is 0 Å². The number of rotatable bonds is 0. The number of urea groups is 1. The number of primary amides is 2. The molecule has 0 saturated heterocycles. The first-order valence-electron chi connectivity index (χ1n) is 1.44. The lowest BCUT2D eigenvalue weighted by molar-refractivity contribution is 0.256. The Kier molecular flexibility index (Phi) is 20.7. The van der Waals surface area contributed by atoms with Gasteiger partial charge in [0.25, 0.3) is 0 Å². The van der Waals surface area contributed by atoms with Gasteiger partial charge in [-0.25, -0.2) is 34.9 Å². The smallest absolute Gasteiger partial charge is 0.412 e. The number of carbonyl (C=O) groups excluding carboxylic acids is 1. The largest absolute Gasteiger partial charge is 0.643 e. The lowest BCUT2D eigenvalue weighted by atomic mass is 11.2. The van der Waals surface area contributed by atoms with Crippen LogP contribution in [0.3, 0.4) is 0 Å². The van der Waals surface area contributed by atoms with Crippen molar-refractivity contribution in [2.75, 3.05) is 0 Å². The minimum absolute atomic E-state index is 0. The van der Waals surface area contributed by atoms with Crippen LogP contribution < -0.4 is 11.5 Å². The summed E-state index contributed by atoms with van der Waals surface area (Å²) in [5.41, 5.74) is 8.50. The Hall–Kier alpha value is 0.632. The highest BCUT2D eigenvalue weighted by Gasteiger charge is 2.00. The summed E-state index contributed by atoms with van der Waals surface area (Å²) in [6.07, 6.45) is 0. The highest BCUT2D eigenvalue weighted by Crippen LogP contribution is 1.97. The molecule has 0 bridgehead atoms. The molecule has 0 aliphatic heterocycles. The van der Waals surface area contributed by atoms with E-state index < -0.39 is 17.4 Å². The Balaban J connectivity index is -0.0000000720. The van der Waals surface area contributed by atoms with Gasteiger partial charge in [0.2, 0.25) is 0 Å². The lowest BCUT2D eigenvalue weighted by Crippen LogP contribution is -2.18. The molecule has 4 nitrogen and oxygen atoms in total. The van der Waals surface area contributed by atoms with E-state index in [1.807, 2.05) is 0 Å². The second kappa shape index (κ2) is 11.4. The van der Waals surface area contributed by atoms with Crippen LogP contribution in [0, 0.1) is 0 Å². The zero-order chi connectivity index (χ0) is 7.15. The Morgan fingerprint density at radius 2 is 1.22 bits per heavy atom. The summed E-state index contributed by atoms with van der Waals surface area (Å²) in [6.45, 7) is 0. The van der Waals surface area contributed by atoms with Crippen molar-refractivity contribution < 1.29 is 10.3 Å². The highest BCUT2D eigenvalue weighted by molar-refractivity contribution is 7.54. The van der Waals surface area contributed by atoms with Gasteiger partial charge >= 0.3 is 17.4 Å². The first-order valence-corrected chi connectivity index (χ1v) is 6.67. The molecule has 0 atom stereocenters. The number of halogens is 3. The molecule has 0 aliphatic rings. The fourth-order valence-electron chi connectivity index (χ4n) is 0. The van der Waals surface area contributed by atoms with Gasteiger partial charge in [-0.15, -0.1) is 0 Å². The van der Waals surface area contributed by atoms with Gasteiger partial charge in [0, 0.05) is 0 Å². The third kappa shape index (κ3) is 949. The third-order valence-electron chi connectivity index (χ3n) is 0. The zero-order valence-corrected chi connectivity index (χ0v) is 7.70. The minimum Gasteiger partial charge on any atom is -0.412 e. The molecule has 0 heterocycles. The van der Waals surface area contributed by atoms with E-state index in [0.29, 0.717) is 0 Å². The van der Waals surface area contributed by atoms with Crippen LogP contribution in [0.2, 0.25) is 0 Å². The van der Waals surface area contributed by atoms with E-state index in [4.69, 9.17) is 34.9 Å². The first-order chi connectivity index (χ1) is 3.46. The SMILES string of the molecule is NC(N)=O.O.[Cl][Al]([Cl])[Cl]. The molecule has 6 N–H and O–H groups in total. The number of hydrogen-bond donors (Lipinski definition) is 2. The highest BCUT2D eigenvalue weighted by atomic mass is 35.8. The normalized spacial score (nSPS) is 5.67. The Morgan fingerprint density at radius 1 is 1.22 bits per heavy atom. The summed E-state index contributed by atoms with van der Waals surface area (Å²) < 4.78 is 0. The standard InChI is InChI=1S/CH4N2O.Al.3ClH.H2O/c2-1(3)4;;;;;/h(H4,2,3,4);;3*1H;1H2/q;+3;;;;/p-3. The summed E-state index contributed by atoms with van der Waals surface area (Å²) in [5, 5.41) is 0. The van der Waals surface area contributed by atoms with Crippen molar-refractivity contribution in [2.45, 2.75) is 0 Å². The topological polar surface area (TPSA) is 101 Å². The number of amides is 2. The van der Waals surface area contributed by atoms with Crippen molar-refractivity contribution in [3.63, 3.8) is 0 Å². The fourth-order valence-corrected chi connectivity index (χ4v) is 0. The Morgan fingerprint density at radius 3 is 1.22 bits per heavy atom. The second-order valence-corrected chi connectivity index (χ2v) is 7.08. The van der Waals surface area contributed by atoms with Crippen molar-refractivity contribution in [3.05, 3.63) is 0 Å². The summed E-state index contributed by atoms with van der Waals surface area (Å²) >= 11 is -1.72. The molecule has 0 aromatic carbocycles. The van der Waals surface area contributed by atoms with E-state index in [2.05, 4.69) is 11.5 Å². The molecule has 0 fully saturated rings. The van der Waals surface area contributed by atoms with Gasteiger partial charge in [-0.2, -0.15) is 0 Å². The van der Waals surface area contributed by atoms with Gasteiger partial charge in [0.1, 0.15) is 0 Å². The molecule has 0 spiro atoms. The monoisotopic (exact) mass is 210 g/mol. The quantitative estimate of drug-likeness (QED) is 0.537. The van der Waals surface area contributed by atoms with Crippen LogP contribution in [0.1, 0.15) is 0 Å². The average Bonchev–Trinajstić information content (AvgIpc) is 1.25. The second-order valence-electron chi connectivity index (χ2n) is 0.650. The summed E-state index contributed by atoms with van der Waals surface area (Å²) in [7, 11) is 14.8. The first kappa shape index (κ1) is 16.3. The van der Waals surface area contributed by atoms with Crippen molar-refractivity contribution in [3.8, 4) is 0 Å². The molecule has 8 heteroatoms. The Labute approximate surface area is 69.3 Å². The molecule has 0 radical (unpaired) electrons. The van der Waals surface area contributed by atoms with Gasteiger partial charge < -0.3 is 16.9 Å². The van der Waals surface area contributed by atoms with Gasteiger partial charge in [0.15, 0.2) is 0 Å². The van der Waals surface area contributed by atoms with Gasteiger partial charge in [-0.05, 0) is 0 Å². The maximum atomic E-state index is 9.00. The van der Waals surface area contributed by atoms with Gasteiger partial charge in [0.05, 0.1) is 0 Å².